The van der Waals surface area contributed by atoms with E-state index in [0.717, 1.165) is 17.7 Å². The summed E-state index contributed by atoms with van der Waals surface area (Å²) in [5.74, 6) is 6.48. The number of nitrogens with one attached hydrogen (secondary N) is 1. The van der Waals surface area contributed by atoms with Crippen LogP contribution >= 0.6 is 0 Å². The van der Waals surface area contributed by atoms with Crippen molar-refractivity contribution in [3.05, 3.63) is 29.8 Å². The van der Waals surface area contributed by atoms with E-state index in [4.69, 9.17) is 15.3 Å². The van der Waals surface area contributed by atoms with Crippen LogP contribution in [-0.2, 0) is 4.74 Å². The Morgan fingerprint density at radius 1 is 1.35 bits per heavy atom. The molecule has 4 nitrogen and oxygen atoms in total. The van der Waals surface area contributed by atoms with Crippen molar-refractivity contribution in [3.63, 3.8) is 0 Å². The smallest absolute Gasteiger partial charge is 0.119 e. The molecule has 1 saturated carbocycles. The largest absolute Gasteiger partial charge is 0.490 e. The van der Waals surface area contributed by atoms with Crippen molar-refractivity contribution in [1.82, 2.24) is 5.43 Å². The van der Waals surface area contributed by atoms with E-state index in [1.807, 2.05) is 12.1 Å². The zero-order valence-electron chi connectivity index (χ0n) is 10.2. The maximum atomic E-state index is 5.70. The SMILES string of the molecule is COCCC(NN)c1ccc(OC2CC2)cc1. The number of hydrazine groups is 1. The van der Waals surface area contributed by atoms with Crippen molar-refractivity contribution in [2.75, 3.05) is 13.7 Å². The highest BCUT2D eigenvalue weighted by Gasteiger charge is 2.23. The van der Waals surface area contributed by atoms with Gasteiger partial charge >= 0.3 is 0 Å². The van der Waals surface area contributed by atoms with Crippen molar-refractivity contribution in [2.24, 2.45) is 5.84 Å². The lowest BCUT2D eigenvalue weighted by molar-refractivity contribution is 0.183. The number of rotatable bonds is 7. The van der Waals surface area contributed by atoms with Gasteiger partial charge in [0, 0.05) is 19.8 Å². The molecule has 1 atom stereocenters. The summed E-state index contributed by atoms with van der Waals surface area (Å²) < 4.78 is 10.8. The summed E-state index contributed by atoms with van der Waals surface area (Å²) in [5.41, 5.74) is 3.96. The number of ether oxygens (including phenoxy) is 2. The van der Waals surface area contributed by atoms with Gasteiger partial charge in [0.05, 0.1) is 6.10 Å². The van der Waals surface area contributed by atoms with E-state index < -0.39 is 0 Å². The van der Waals surface area contributed by atoms with Crippen molar-refractivity contribution < 1.29 is 9.47 Å². The van der Waals surface area contributed by atoms with Gasteiger partial charge in [-0.05, 0) is 37.0 Å². The summed E-state index contributed by atoms with van der Waals surface area (Å²) in [6.07, 6.45) is 3.67. The third kappa shape index (κ3) is 3.70. The molecule has 1 unspecified atom stereocenters. The standard InChI is InChI=1S/C13H20N2O2/c1-16-9-8-13(15-14)10-2-4-11(5-3-10)17-12-6-7-12/h2-5,12-13,15H,6-9,14H2,1H3. The summed E-state index contributed by atoms with van der Waals surface area (Å²) in [7, 11) is 1.69. The van der Waals surface area contributed by atoms with Crippen molar-refractivity contribution in [2.45, 2.75) is 31.4 Å². The lowest BCUT2D eigenvalue weighted by atomic mass is 10.0. The third-order valence-corrected chi connectivity index (χ3v) is 2.92. The Morgan fingerprint density at radius 3 is 2.59 bits per heavy atom. The molecular weight excluding hydrogens is 216 g/mol. The van der Waals surface area contributed by atoms with E-state index >= 15 is 0 Å². The zero-order chi connectivity index (χ0) is 12.1. The molecule has 94 valence electrons. The quantitative estimate of drug-likeness (QED) is 0.559. The summed E-state index contributed by atoms with van der Waals surface area (Å²) in [4.78, 5) is 0. The van der Waals surface area contributed by atoms with E-state index in [-0.39, 0.29) is 6.04 Å². The van der Waals surface area contributed by atoms with Crippen LogP contribution in [0.4, 0.5) is 0 Å². The Labute approximate surface area is 102 Å². The normalized spacial score (nSPS) is 16.8. The fourth-order valence-electron chi connectivity index (χ4n) is 1.74. The maximum Gasteiger partial charge on any atom is 0.119 e. The first-order chi connectivity index (χ1) is 8.33. The van der Waals surface area contributed by atoms with Gasteiger partial charge in [-0.2, -0.15) is 0 Å². The van der Waals surface area contributed by atoms with Crippen LogP contribution in [0.15, 0.2) is 24.3 Å². The Bertz CT molecular complexity index is 336. The molecule has 1 aliphatic carbocycles. The summed E-state index contributed by atoms with van der Waals surface area (Å²) in [6.45, 7) is 0.690. The minimum absolute atomic E-state index is 0.130. The van der Waals surface area contributed by atoms with Crippen LogP contribution < -0.4 is 16.0 Å². The van der Waals surface area contributed by atoms with Crippen LogP contribution in [0, 0.1) is 0 Å². The summed E-state index contributed by atoms with van der Waals surface area (Å²) in [5, 5.41) is 0. The maximum absolute atomic E-state index is 5.70. The van der Waals surface area contributed by atoms with E-state index in [1.165, 1.54) is 12.8 Å². The van der Waals surface area contributed by atoms with Gasteiger partial charge in [-0.15, -0.1) is 0 Å². The molecule has 4 heteroatoms. The lowest BCUT2D eigenvalue weighted by Gasteiger charge is -2.16. The highest BCUT2D eigenvalue weighted by molar-refractivity contribution is 5.29. The molecule has 0 saturated heterocycles. The molecule has 0 bridgehead atoms. The Hall–Kier alpha value is -1.10. The molecule has 0 amide bonds. The van der Waals surface area contributed by atoms with Crippen molar-refractivity contribution in [1.29, 1.82) is 0 Å². The Morgan fingerprint density at radius 2 is 2.06 bits per heavy atom. The van der Waals surface area contributed by atoms with E-state index in [0.29, 0.717) is 12.7 Å². The number of benzene rings is 1. The zero-order valence-corrected chi connectivity index (χ0v) is 10.2. The molecule has 0 radical (unpaired) electrons. The van der Waals surface area contributed by atoms with E-state index in [9.17, 15) is 0 Å². The average molecular weight is 236 g/mol. The topological polar surface area (TPSA) is 56.5 Å². The van der Waals surface area contributed by atoms with E-state index in [2.05, 4.69) is 17.6 Å². The molecule has 1 aliphatic rings. The van der Waals surface area contributed by atoms with E-state index in [1.54, 1.807) is 7.11 Å². The molecule has 1 fully saturated rings. The third-order valence-electron chi connectivity index (χ3n) is 2.92. The van der Waals surface area contributed by atoms with Crippen molar-refractivity contribution >= 4 is 0 Å². The van der Waals surface area contributed by atoms with Gasteiger partial charge < -0.3 is 9.47 Å². The van der Waals surface area contributed by atoms with Gasteiger partial charge in [-0.3, -0.25) is 11.3 Å². The molecule has 1 aromatic carbocycles. The first-order valence-electron chi connectivity index (χ1n) is 6.05. The average Bonchev–Trinajstić information content (AvgIpc) is 3.16. The molecule has 0 spiro atoms. The number of methoxy groups -OCH3 is 1. The van der Waals surface area contributed by atoms with Crippen LogP contribution in [0.1, 0.15) is 30.9 Å². The first kappa shape index (κ1) is 12.4. The van der Waals surface area contributed by atoms with Gasteiger partial charge in [0.15, 0.2) is 0 Å². The van der Waals surface area contributed by atoms with Crippen LogP contribution in [0.25, 0.3) is 0 Å². The molecule has 17 heavy (non-hydrogen) atoms. The van der Waals surface area contributed by atoms with Crippen LogP contribution in [0.2, 0.25) is 0 Å². The van der Waals surface area contributed by atoms with Crippen molar-refractivity contribution in [3.8, 4) is 5.75 Å². The summed E-state index contributed by atoms with van der Waals surface area (Å²) in [6, 6.07) is 8.25. The molecule has 2 rings (SSSR count). The monoisotopic (exact) mass is 236 g/mol. The predicted octanol–water partition coefficient (Wildman–Crippen LogP) is 1.77. The molecule has 0 heterocycles. The first-order valence-corrected chi connectivity index (χ1v) is 6.05. The summed E-state index contributed by atoms with van der Waals surface area (Å²) >= 11 is 0. The fraction of sp³-hybridized carbons (Fsp3) is 0.538. The van der Waals surface area contributed by atoms with Gasteiger partial charge in [-0.1, -0.05) is 12.1 Å². The second-order valence-electron chi connectivity index (χ2n) is 4.39. The van der Waals surface area contributed by atoms with Crippen LogP contribution in [-0.4, -0.2) is 19.8 Å². The molecule has 1 aromatic rings. The van der Waals surface area contributed by atoms with Gasteiger partial charge in [-0.25, -0.2) is 0 Å². The molecule has 0 aromatic heterocycles. The number of nitrogens with two attached hydrogens (primary N) is 1. The van der Waals surface area contributed by atoms with Crippen LogP contribution in [0.3, 0.4) is 0 Å². The van der Waals surface area contributed by atoms with Gasteiger partial charge in [0.1, 0.15) is 5.75 Å². The van der Waals surface area contributed by atoms with Gasteiger partial charge in [0.2, 0.25) is 0 Å². The Kier molecular flexibility index (Phi) is 4.36. The minimum atomic E-state index is 0.130. The number of hydrogen-bond acceptors (Lipinski definition) is 4. The second kappa shape index (κ2) is 6.00. The lowest BCUT2D eigenvalue weighted by Crippen LogP contribution is -2.28. The highest BCUT2D eigenvalue weighted by atomic mass is 16.5. The molecule has 3 N–H and O–H groups in total. The molecule has 0 aliphatic heterocycles. The van der Waals surface area contributed by atoms with Gasteiger partial charge in [0.25, 0.3) is 0 Å². The molecular formula is C13H20N2O2. The fourth-order valence-corrected chi connectivity index (χ4v) is 1.74. The minimum Gasteiger partial charge on any atom is -0.490 e. The number of hydrogen-bond donors (Lipinski definition) is 2. The Balaban J connectivity index is 1.93. The second-order valence-corrected chi connectivity index (χ2v) is 4.39. The highest BCUT2D eigenvalue weighted by Crippen LogP contribution is 2.27. The van der Waals surface area contributed by atoms with Crippen LogP contribution in [0.5, 0.6) is 5.75 Å². The predicted molar refractivity (Wildman–Crippen MR) is 66.6 cm³/mol.